The summed E-state index contributed by atoms with van der Waals surface area (Å²) in [7, 11) is 0. The number of hydrogen-bond acceptors (Lipinski definition) is 3. The first kappa shape index (κ1) is 14.5. The van der Waals surface area contributed by atoms with Crippen LogP contribution in [0.3, 0.4) is 0 Å². The average molecular weight is 276 g/mol. The zero-order valence-corrected chi connectivity index (χ0v) is 11.9. The van der Waals surface area contributed by atoms with E-state index in [1.165, 1.54) is 0 Å². The second kappa shape index (κ2) is 6.05. The van der Waals surface area contributed by atoms with Crippen LogP contribution in [-0.4, -0.2) is 59.5 Å². The van der Waals surface area contributed by atoms with Gasteiger partial charge in [-0.1, -0.05) is 17.7 Å². The van der Waals surface area contributed by atoms with Crippen molar-refractivity contribution in [1.82, 2.24) is 9.80 Å². The lowest BCUT2D eigenvalue weighted by Gasteiger charge is -2.34. The largest absolute Gasteiger partial charge is 0.480 e. The highest BCUT2D eigenvalue weighted by Gasteiger charge is 2.23. The second-order valence-corrected chi connectivity index (χ2v) is 5.28. The number of amides is 1. The van der Waals surface area contributed by atoms with Gasteiger partial charge in [-0.15, -0.1) is 0 Å². The van der Waals surface area contributed by atoms with Crippen LogP contribution in [0.25, 0.3) is 0 Å². The Morgan fingerprint density at radius 3 is 2.40 bits per heavy atom. The number of carbonyl (C=O) groups is 2. The fourth-order valence-corrected chi connectivity index (χ4v) is 2.44. The van der Waals surface area contributed by atoms with Crippen LogP contribution in [0.1, 0.15) is 21.5 Å². The molecule has 20 heavy (non-hydrogen) atoms. The summed E-state index contributed by atoms with van der Waals surface area (Å²) in [6.07, 6.45) is 0. The number of carboxylic acid groups (broad SMARTS) is 1. The fraction of sp³-hybridized carbons (Fsp3) is 0.467. The van der Waals surface area contributed by atoms with Crippen LogP contribution in [0.5, 0.6) is 0 Å². The van der Waals surface area contributed by atoms with Crippen molar-refractivity contribution in [3.8, 4) is 0 Å². The van der Waals surface area contributed by atoms with Crippen molar-refractivity contribution in [2.45, 2.75) is 13.8 Å². The van der Waals surface area contributed by atoms with E-state index in [0.29, 0.717) is 26.2 Å². The summed E-state index contributed by atoms with van der Waals surface area (Å²) < 4.78 is 0. The number of carboxylic acids is 1. The number of hydrogen-bond donors (Lipinski definition) is 1. The predicted molar refractivity (Wildman–Crippen MR) is 75.9 cm³/mol. The highest BCUT2D eigenvalue weighted by molar-refractivity contribution is 5.95. The molecule has 1 fully saturated rings. The lowest BCUT2D eigenvalue weighted by molar-refractivity contribution is -0.138. The van der Waals surface area contributed by atoms with Gasteiger partial charge in [0.05, 0.1) is 6.54 Å². The molecule has 2 rings (SSSR count). The monoisotopic (exact) mass is 276 g/mol. The van der Waals surface area contributed by atoms with Crippen LogP contribution in [0.15, 0.2) is 18.2 Å². The summed E-state index contributed by atoms with van der Waals surface area (Å²) in [6.45, 7) is 6.35. The summed E-state index contributed by atoms with van der Waals surface area (Å²) in [5.41, 5.74) is 2.80. The van der Waals surface area contributed by atoms with Gasteiger partial charge in [0.15, 0.2) is 0 Å². The zero-order chi connectivity index (χ0) is 14.7. The van der Waals surface area contributed by atoms with Crippen molar-refractivity contribution in [3.05, 3.63) is 34.9 Å². The van der Waals surface area contributed by atoms with E-state index in [9.17, 15) is 9.59 Å². The molecule has 0 aliphatic carbocycles. The van der Waals surface area contributed by atoms with E-state index in [1.54, 1.807) is 4.90 Å². The number of rotatable bonds is 3. The Balaban J connectivity index is 2.01. The third-order valence-corrected chi connectivity index (χ3v) is 3.64. The van der Waals surface area contributed by atoms with Crippen LogP contribution in [0, 0.1) is 13.8 Å². The number of aryl methyl sites for hydroxylation is 2. The summed E-state index contributed by atoms with van der Waals surface area (Å²) in [5.74, 6) is -0.777. The van der Waals surface area contributed by atoms with Gasteiger partial charge in [-0.3, -0.25) is 14.5 Å². The Bertz CT molecular complexity index is 520. The molecule has 1 aromatic carbocycles. The number of benzene rings is 1. The Morgan fingerprint density at radius 2 is 1.80 bits per heavy atom. The first-order chi connectivity index (χ1) is 9.47. The van der Waals surface area contributed by atoms with Crippen molar-refractivity contribution in [2.75, 3.05) is 32.7 Å². The van der Waals surface area contributed by atoms with Gasteiger partial charge in [0.1, 0.15) is 0 Å². The molecule has 1 aliphatic rings. The molecule has 1 aromatic rings. The average Bonchev–Trinajstić information content (AvgIpc) is 2.41. The van der Waals surface area contributed by atoms with Crippen LogP contribution < -0.4 is 0 Å². The first-order valence-electron chi connectivity index (χ1n) is 6.78. The van der Waals surface area contributed by atoms with Gasteiger partial charge in [-0.2, -0.15) is 0 Å². The Morgan fingerprint density at radius 1 is 1.15 bits per heavy atom. The molecule has 5 nitrogen and oxygen atoms in total. The fourth-order valence-electron chi connectivity index (χ4n) is 2.44. The molecule has 0 bridgehead atoms. The molecule has 0 atom stereocenters. The number of piperazine rings is 1. The maximum absolute atomic E-state index is 12.5. The summed E-state index contributed by atoms with van der Waals surface area (Å²) in [4.78, 5) is 26.8. The predicted octanol–water partition coefficient (Wildman–Crippen LogP) is 1.15. The molecular weight excluding hydrogens is 256 g/mol. The minimum atomic E-state index is -0.820. The molecule has 5 heteroatoms. The molecule has 1 amide bonds. The minimum absolute atomic E-state index is 0.0428. The molecule has 108 valence electrons. The van der Waals surface area contributed by atoms with E-state index < -0.39 is 5.97 Å². The van der Waals surface area contributed by atoms with Gasteiger partial charge < -0.3 is 10.0 Å². The van der Waals surface area contributed by atoms with E-state index in [2.05, 4.69) is 0 Å². The minimum Gasteiger partial charge on any atom is -0.480 e. The quantitative estimate of drug-likeness (QED) is 0.899. The maximum atomic E-state index is 12.5. The van der Waals surface area contributed by atoms with Crippen molar-refractivity contribution >= 4 is 11.9 Å². The highest BCUT2D eigenvalue weighted by atomic mass is 16.4. The Labute approximate surface area is 118 Å². The highest BCUT2D eigenvalue weighted by Crippen LogP contribution is 2.15. The van der Waals surface area contributed by atoms with Gasteiger partial charge in [0.25, 0.3) is 5.91 Å². The molecule has 0 aromatic heterocycles. The smallest absolute Gasteiger partial charge is 0.317 e. The van der Waals surface area contributed by atoms with E-state index in [-0.39, 0.29) is 12.5 Å². The maximum Gasteiger partial charge on any atom is 0.317 e. The summed E-state index contributed by atoms with van der Waals surface area (Å²) in [6, 6.07) is 5.88. The lowest BCUT2D eigenvalue weighted by Crippen LogP contribution is -2.50. The number of carbonyl (C=O) groups excluding carboxylic acids is 1. The third kappa shape index (κ3) is 3.36. The van der Waals surface area contributed by atoms with E-state index in [1.807, 2.05) is 36.9 Å². The molecule has 1 aliphatic heterocycles. The van der Waals surface area contributed by atoms with Gasteiger partial charge in [-0.05, 0) is 25.5 Å². The first-order valence-corrected chi connectivity index (χ1v) is 6.78. The third-order valence-electron chi connectivity index (χ3n) is 3.64. The van der Waals surface area contributed by atoms with Crippen LogP contribution in [0.2, 0.25) is 0 Å². The second-order valence-electron chi connectivity index (χ2n) is 5.28. The van der Waals surface area contributed by atoms with Crippen LogP contribution >= 0.6 is 0 Å². The Kier molecular flexibility index (Phi) is 4.39. The van der Waals surface area contributed by atoms with Crippen LogP contribution in [0.4, 0.5) is 0 Å². The standard InChI is InChI=1S/C15H20N2O3/c1-11-3-4-12(2)13(9-11)15(20)17-7-5-16(6-8-17)10-14(18)19/h3-4,9H,5-8,10H2,1-2H3,(H,18,19). The number of aliphatic carboxylic acids is 1. The van der Waals surface area contributed by atoms with Gasteiger partial charge in [0.2, 0.25) is 0 Å². The van der Waals surface area contributed by atoms with E-state index in [4.69, 9.17) is 5.11 Å². The normalized spacial score (nSPS) is 16.2. The van der Waals surface area contributed by atoms with E-state index in [0.717, 1.165) is 16.7 Å². The molecule has 1 heterocycles. The van der Waals surface area contributed by atoms with Gasteiger partial charge >= 0.3 is 5.97 Å². The van der Waals surface area contributed by atoms with Crippen molar-refractivity contribution in [3.63, 3.8) is 0 Å². The van der Waals surface area contributed by atoms with E-state index >= 15 is 0 Å². The molecule has 0 spiro atoms. The van der Waals surface area contributed by atoms with Crippen LogP contribution in [-0.2, 0) is 4.79 Å². The van der Waals surface area contributed by atoms with Crippen molar-refractivity contribution < 1.29 is 14.7 Å². The molecule has 0 saturated carbocycles. The molecule has 1 N–H and O–H groups in total. The molecule has 0 unspecified atom stereocenters. The van der Waals surface area contributed by atoms with Gasteiger partial charge in [-0.25, -0.2) is 0 Å². The summed E-state index contributed by atoms with van der Waals surface area (Å²) >= 11 is 0. The van der Waals surface area contributed by atoms with Crippen molar-refractivity contribution in [2.24, 2.45) is 0 Å². The lowest BCUT2D eigenvalue weighted by atomic mass is 10.0. The Hall–Kier alpha value is -1.88. The molecular formula is C15H20N2O3. The summed E-state index contributed by atoms with van der Waals surface area (Å²) in [5, 5.41) is 8.76. The van der Waals surface area contributed by atoms with Crippen molar-refractivity contribution in [1.29, 1.82) is 0 Å². The SMILES string of the molecule is Cc1ccc(C)c(C(=O)N2CCN(CC(=O)O)CC2)c1. The molecule has 0 radical (unpaired) electrons. The van der Waals surface area contributed by atoms with Gasteiger partial charge in [0, 0.05) is 31.7 Å². The molecule has 1 saturated heterocycles. The topological polar surface area (TPSA) is 60.9 Å². The number of nitrogens with zero attached hydrogens (tertiary/aromatic N) is 2. The zero-order valence-electron chi connectivity index (χ0n) is 11.9.